The number of nitrogens with one attached hydrogen (secondary N) is 2. The number of hydrogen-bond acceptors (Lipinski definition) is 3. The zero-order valence-electron chi connectivity index (χ0n) is 15.5. The summed E-state index contributed by atoms with van der Waals surface area (Å²) in [5.41, 5.74) is 4.42. The Labute approximate surface area is 167 Å². The third-order valence-corrected chi connectivity index (χ3v) is 7.10. The van der Waals surface area contributed by atoms with Crippen LogP contribution in [0.5, 0.6) is 0 Å². The molecule has 4 heteroatoms. The summed E-state index contributed by atoms with van der Waals surface area (Å²) >= 11 is 0.348. The van der Waals surface area contributed by atoms with Gasteiger partial charge in [0, 0.05) is 0 Å². The Morgan fingerprint density at radius 2 is 1.63 bits per heavy atom. The van der Waals surface area contributed by atoms with Gasteiger partial charge in [0.05, 0.1) is 0 Å². The average molecular weight is 420 g/mol. The number of anilines is 2. The summed E-state index contributed by atoms with van der Waals surface area (Å²) in [4.78, 5) is 5.41. The molecule has 2 unspecified atom stereocenters. The first-order chi connectivity index (χ1) is 13.2. The molecule has 0 fully saturated rings. The number of para-hydroxylation sites is 2. The van der Waals surface area contributed by atoms with Crippen LogP contribution in [-0.4, -0.2) is 26.8 Å². The van der Waals surface area contributed by atoms with E-state index in [2.05, 4.69) is 97.3 Å². The number of aryl methyl sites for hydroxylation is 1. The topological polar surface area (TPSA) is 36.4 Å². The first-order valence-electron chi connectivity index (χ1n) is 9.18. The molecule has 1 heterocycles. The van der Waals surface area contributed by atoms with Gasteiger partial charge in [-0.2, -0.15) is 0 Å². The fraction of sp³-hybridized carbons (Fsp3) is 0.174. The molecule has 1 aliphatic rings. The number of rotatable bonds is 4. The van der Waals surface area contributed by atoms with E-state index in [1.54, 1.807) is 0 Å². The van der Waals surface area contributed by atoms with Crippen molar-refractivity contribution in [1.82, 2.24) is 0 Å². The summed E-state index contributed by atoms with van der Waals surface area (Å²) in [5, 5.41) is 7.28. The molecule has 0 radical (unpaired) electrons. The molecule has 0 bridgehead atoms. The molecule has 27 heavy (non-hydrogen) atoms. The number of nitrogens with zero attached hydrogens (tertiary/aromatic N) is 1. The Morgan fingerprint density at radius 1 is 0.926 bits per heavy atom. The van der Waals surface area contributed by atoms with Gasteiger partial charge in [0.2, 0.25) is 0 Å². The Balaban J connectivity index is 1.62. The van der Waals surface area contributed by atoms with Crippen LogP contribution in [0.2, 0.25) is 4.82 Å². The van der Waals surface area contributed by atoms with Crippen LogP contribution < -0.4 is 15.1 Å². The van der Waals surface area contributed by atoms with E-state index in [0.29, 0.717) is 19.8 Å². The SMILES string of the molecule is Cc1ccc(NC2=Nc3ccccc3NC2C(C)[Se]c2ccccc2)cc1. The fourth-order valence-corrected chi connectivity index (χ4v) is 5.40. The van der Waals surface area contributed by atoms with Gasteiger partial charge in [-0.15, -0.1) is 0 Å². The van der Waals surface area contributed by atoms with Gasteiger partial charge in [-0.25, -0.2) is 0 Å². The molecule has 0 saturated heterocycles. The number of benzene rings is 3. The van der Waals surface area contributed by atoms with Gasteiger partial charge in [-0.3, -0.25) is 0 Å². The van der Waals surface area contributed by atoms with Crippen molar-refractivity contribution < 1.29 is 0 Å². The van der Waals surface area contributed by atoms with Crippen LogP contribution in [0, 0.1) is 6.92 Å². The van der Waals surface area contributed by atoms with Crippen molar-refractivity contribution in [1.29, 1.82) is 0 Å². The van der Waals surface area contributed by atoms with Crippen molar-refractivity contribution in [2.45, 2.75) is 24.7 Å². The van der Waals surface area contributed by atoms with Gasteiger partial charge in [-0.1, -0.05) is 0 Å². The molecule has 4 rings (SSSR count). The van der Waals surface area contributed by atoms with Crippen LogP contribution >= 0.6 is 0 Å². The number of amidine groups is 1. The minimum absolute atomic E-state index is 0.154. The monoisotopic (exact) mass is 421 g/mol. The van der Waals surface area contributed by atoms with Crippen LogP contribution in [0.1, 0.15) is 12.5 Å². The number of fused-ring (bicyclic) bond motifs is 1. The second-order valence-electron chi connectivity index (χ2n) is 6.76. The Morgan fingerprint density at radius 3 is 2.41 bits per heavy atom. The van der Waals surface area contributed by atoms with Crippen LogP contribution in [0.3, 0.4) is 0 Å². The maximum absolute atomic E-state index is 4.96. The van der Waals surface area contributed by atoms with Crippen molar-refractivity contribution in [3.8, 4) is 0 Å². The summed E-state index contributed by atoms with van der Waals surface area (Å²) < 4.78 is 1.41. The predicted molar refractivity (Wildman–Crippen MR) is 117 cm³/mol. The molecular formula is C23H23N3Se. The summed E-state index contributed by atoms with van der Waals surface area (Å²) in [5.74, 6) is 0.989. The standard InChI is InChI=1S/C23H23N3Se/c1-16-12-14-18(15-13-16)24-23-22(17(2)27-19-8-4-3-5-9-19)25-20-10-6-7-11-21(20)26-23/h3-15,17,22,25H,1-2H3,(H,24,26). The summed E-state index contributed by atoms with van der Waals surface area (Å²) in [6.07, 6.45) is 0. The summed E-state index contributed by atoms with van der Waals surface area (Å²) in [6, 6.07) is 27.6. The van der Waals surface area contributed by atoms with Gasteiger partial charge >= 0.3 is 167 Å². The van der Waals surface area contributed by atoms with Crippen molar-refractivity contribution >= 4 is 42.3 Å². The molecule has 3 aromatic rings. The predicted octanol–water partition coefficient (Wildman–Crippen LogP) is 4.77. The molecule has 0 spiro atoms. The molecule has 0 aromatic heterocycles. The zero-order chi connectivity index (χ0) is 18.6. The minimum atomic E-state index is 0.154. The first-order valence-corrected chi connectivity index (χ1v) is 11.0. The molecule has 2 atom stereocenters. The van der Waals surface area contributed by atoms with Crippen LogP contribution in [0.25, 0.3) is 0 Å². The molecule has 2 N–H and O–H groups in total. The molecule has 0 aliphatic carbocycles. The fourth-order valence-electron chi connectivity index (χ4n) is 3.14. The molecule has 3 aromatic carbocycles. The summed E-state index contributed by atoms with van der Waals surface area (Å²) in [7, 11) is 0. The quantitative estimate of drug-likeness (QED) is 0.597. The molecule has 0 saturated carbocycles. The van der Waals surface area contributed by atoms with Crippen LogP contribution in [-0.2, 0) is 0 Å². The van der Waals surface area contributed by atoms with Crippen molar-refractivity contribution in [3.63, 3.8) is 0 Å². The van der Waals surface area contributed by atoms with E-state index in [1.165, 1.54) is 10.0 Å². The molecule has 136 valence electrons. The first kappa shape index (κ1) is 17.8. The van der Waals surface area contributed by atoms with E-state index in [0.717, 1.165) is 22.9 Å². The van der Waals surface area contributed by atoms with E-state index in [-0.39, 0.29) is 6.04 Å². The van der Waals surface area contributed by atoms with Gasteiger partial charge in [0.15, 0.2) is 0 Å². The van der Waals surface area contributed by atoms with E-state index in [9.17, 15) is 0 Å². The van der Waals surface area contributed by atoms with E-state index in [1.807, 2.05) is 6.07 Å². The second-order valence-corrected chi connectivity index (χ2v) is 9.81. The Hall–Kier alpha value is -2.55. The third kappa shape index (κ3) is 4.24. The molecule has 3 nitrogen and oxygen atoms in total. The second kappa shape index (κ2) is 7.99. The average Bonchev–Trinajstić information content (AvgIpc) is 2.70. The van der Waals surface area contributed by atoms with Crippen LogP contribution in [0.4, 0.5) is 17.1 Å². The van der Waals surface area contributed by atoms with E-state index in [4.69, 9.17) is 4.99 Å². The normalized spacial score (nSPS) is 16.7. The van der Waals surface area contributed by atoms with E-state index >= 15 is 0 Å². The molecule has 1 aliphatic heterocycles. The van der Waals surface area contributed by atoms with Gasteiger partial charge in [-0.05, 0) is 0 Å². The third-order valence-electron chi connectivity index (χ3n) is 4.61. The molecular weight excluding hydrogens is 397 g/mol. The van der Waals surface area contributed by atoms with Crippen molar-refractivity contribution in [2.24, 2.45) is 4.99 Å². The van der Waals surface area contributed by atoms with Gasteiger partial charge in [0.25, 0.3) is 0 Å². The van der Waals surface area contributed by atoms with Crippen LogP contribution in [0.15, 0.2) is 83.9 Å². The Bertz CT molecular complexity index is 935. The number of aliphatic imine (C=N–C) groups is 1. The Kier molecular flexibility index (Phi) is 5.28. The number of hydrogen-bond donors (Lipinski definition) is 2. The maximum atomic E-state index is 4.96. The van der Waals surface area contributed by atoms with Crippen molar-refractivity contribution in [2.75, 3.05) is 10.6 Å². The van der Waals surface area contributed by atoms with Gasteiger partial charge < -0.3 is 0 Å². The van der Waals surface area contributed by atoms with Crippen molar-refractivity contribution in [3.05, 3.63) is 84.4 Å². The van der Waals surface area contributed by atoms with Gasteiger partial charge in [0.1, 0.15) is 0 Å². The summed E-state index contributed by atoms with van der Waals surface area (Å²) in [6.45, 7) is 4.41. The van der Waals surface area contributed by atoms with E-state index < -0.39 is 0 Å². The molecule has 0 amide bonds. The zero-order valence-corrected chi connectivity index (χ0v) is 17.2.